The number of aromatic nitrogens is 1. The molecule has 9 heteroatoms. The Bertz CT molecular complexity index is 1240. The fourth-order valence-corrected chi connectivity index (χ4v) is 3.81. The topological polar surface area (TPSA) is 116 Å². The Morgan fingerprint density at radius 2 is 1.89 bits per heavy atom. The van der Waals surface area contributed by atoms with Crippen molar-refractivity contribution in [2.24, 2.45) is 0 Å². The summed E-state index contributed by atoms with van der Waals surface area (Å²) in [5.74, 6) is 0.692. The third kappa shape index (κ3) is 8.19. The van der Waals surface area contributed by atoms with Gasteiger partial charge in [0, 0.05) is 11.2 Å². The summed E-state index contributed by atoms with van der Waals surface area (Å²) < 4.78 is 11.3. The summed E-state index contributed by atoms with van der Waals surface area (Å²) in [6, 6.07) is 18.4. The number of benzene rings is 2. The molecule has 1 aromatic heterocycles. The molecule has 1 heterocycles. The number of nitriles is 1. The van der Waals surface area contributed by atoms with Crippen LogP contribution >= 0.6 is 11.6 Å². The van der Waals surface area contributed by atoms with Gasteiger partial charge in [-0.3, -0.25) is 4.90 Å². The molecule has 0 unspecified atom stereocenters. The molecule has 194 valence electrons. The van der Waals surface area contributed by atoms with Crippen molar-refractivity contribution in [2.45, 2.75) is 44.9 Å². The highest BCUT2D eigenvalue weighted by molar-refractivity contribution is 6.30. The average Bonchev–Trinajstić information content (AvgIpc) is 2.86. The van der Waals surface area contributed by atoms with E-state index in [2.05, 4.69) is 4.98 Å². The molecule has 2 atom stereocenters. The molecule has 37 heavy (non-hydrogen) atoms. The molecule has 0 aliphatic heterocycles. The van der Waals surface area contributed by atoms with Crippen molar-refractivity contribution in [3.8, 4) is 17.7 Å². The first-order valence-electron chi connectivity index (χ1n) is 11.8. The number of amides is 1. The van der Waals surface area contributed by atoms with Gasteiger partial charge in [0.25, 0.3) is 0 Å². The fraction of sp³-hybridized carbons (Fsp3) is 0.321. The Labute approximate surface area is 221 Å². The molecule has 0 spiro atoms. The van der Waals surface area contributed by atoms with Gasteiger partial charge in [0.15, 0.2) is 0 Å². The molecule has 2 aromatic carbocycles. The van der Waals surface area contributed by atoms with Gasteiger partial charge in [0.1, 0.15) is 23.0 Å². The van der Waals surface area contributed by atoms with Gasteiger partial charge in [-0.05, 0) is 74.7 Å². The number of rotatable bonds is 9. The number of pyridine rings is 1. The normalized spacial score (nSPS) is 12.8. The monoisotopic (exact) mass is 523 g/mol. The number of carbonyl (C=O) groups is 1. The maximum absolute atomic E-state index is 13.1. The van der Waals surface area contributed by atoms with Crippen LogP contribution in [0.25, 0.3) is 0 Å². The number of hydrogen-bond donors (Lipinski definition) is 2. The number of nitrogens with zero attached hydrogens (tertiary/aromatic N) is 3. The first-order valence-corrected chi connectivity index (χ1v) is 12.1. The third-order valence-electron chi connectivity index (χ3n) is 5.38. The quantitative estimate of drug-likeness (QED) is 0.392. The summed E-state index contributed by atoms with van der Waals surface area (Å²) in [6.07, 6.45) is 0.153. The summed E-state index contributed by atoms with van der Waals surface area (Å²) in [7, 11) is 0. The second-order valence-electron chi connectivity index (χ2n) is 9.46. The molecule has 0 fully saturated rings. The Hall–Kier alpha value is -3.64. The van der Waals surface area contributed by atoms with Crippen LogP contribution in [0.15, 0.2) is 66.9 Å². The molecule has 3 aromatic rings. The van der Waals surface area contributed by atoms with Crippen LogP contribution in [0.2, 0.25) is 5.02 Å². The molecular weight excluding hydrogens is 494 g/mol. The van der Waals surface area contributed by atoms with Crippen molar-refractivity contribution in [3.05, 3.63) is 88.6 Å². The van der Waals surface area contributed by atoms with E-state index in [0.717, 1.165) is 5.56 Å². The molecule has 0 saturated heterocycles. The van der Waals surface area contributed by atoms with Crippen LogP contribution in [0, 0.1) is 11.3 Å². The van der Waals surface area contributed by atoms with Crippen LogP contribution in [0.4, 0.5) is 4.79 Å². The summed E-state index contributed by atoms with van der Waals surface area (Å²) >= 11 is 6.07. The Balaban J connectivity index is 1.78. The van der Waals surface area contributed by atoms with Crippen molar-refractivity contribution in [1.29, 1.82) is 5.26 Å². The molecule has 0 aliphatic rings. The van der Waals surface area contributed by atoms with Crippen molar-refractivity contribution in [3.63, 3.8) is 0 Å². The minimum atomic E-state index is -1.04. The average molecular weight is 524 g/mol. The Morgan fingerprint density at radius 1 is 1.16 bits per heavy atom. The van der Waals surface area contributed by atoms with E-state index in [1.165, 1.54) is 4.90 Å². The molecule has 0 bridgehead atoms. The summed E-state index contributed by atoms with van der Waals surface area (Å²) in [4.78, 5) is 18.5. The lowest BCUT2D eigenvalue weighted by Gasteiger charge is -2.34. The van der Waals surface area contributed by atoms with Crippen molar-refractivity contribution in [1.82, 2.24) is 9.88 Å². The molecule has 3 rings (SSSR count). The van der Waals surface area contributed by atoms with Gasteiger partial charge in [-0.25, -0.2) is 9.78 Å². The lowest BCUT2D eigenvalue weighted by atomic mass is 10.0. The van der Waals surface area contributed by atoms with E-state index in [-0.39, 0.29) is 19.0 Å². The van der Waals surface area contributed by atoms with Gasteiger partial charge in [0.05, 0.1) is 25.3 Å². The van der Waals surface area contributed by atoms with Crippen LogP contribution in [-0.4, -0.2) is 51.0 Å². The van der Waals surface area contributed by atoms with Crippen LogP contribution in [0.5, 0.6) is 11.6 Å². The van der Waals surface area contributed by atoms with E-state index in [4.69, 9.17) is 21.1 Å². The zero-order chi connectivity index (χ0) is 27.0. The van der Waals surface area contributed by atoms with Crippen LogP contribution < -0.4 is 4.74 Å². The molecule has 0 saturated carbocycles. The van der Waals surface area contributed by atoms with E-state index >= 15 is 0 Å². The van der Waals surface area contributed by atoms with Crippen LogP contribution in [0.1, 0.15) is 43.6 Å². The van der Waals surface area contributed by atoms with Gasteiger partial charge >= 0.3 is 6.09 Å². The number of aliphatic hydroxyl groups is 2. The minimum absolute atomic E-state index is 0.0989. The third-order valence-corrected chi connectivity index (χ3v) is 5.62. The van der Waals surface area contributed by atoms with E-state index in [1.807, 2.05) is 6.07 Å². The Kier molecular flexibility index (Phi) is 9.48. The molecular formula is C28H30ClN3O5. The predicted molar refractivity (Wildman–Crippen MR) is 139 cm³/mol. The number of halogens is 1. The lowest BCUT2D eigenvalue weighted by molar-refractivity contribution is -0.00373. The van der Waals surface area contributed by atoms with Gasteiger partial charge in [-0.15, -0.1) is 0 Å². The lowest BCUT2D eigenvalue weighted by Crippen LogP contribution is -2.48. The second-order valence-corrected chi connectivity index (χ2v) is 9.89. The number of carbonyl (C=O) groups excluding carboxylic acids is 1. The van der Waals surface area contributed by atoms with Crippen LogP contribution in [0.3, 0.4) is 0 Å². The Morgan fingerprint density at radius 3 is 2.51 bits per heavy atom. The van der Waals surface area contributed by atoms with Crippen molar-refractivity contribution < 1.29 is 24.5 Å². The maximum atomic E-state index is 13.1. The highest BCUT2D eigenvalue weighted by Gasteiger charge is 2.30. The maximum Gasteiger partial charge on any atom is 0.410 e. The van der Waals surface area contributed by atoms with Crippen LogP contribution in [-0.2, 0) is 11.2 Å². The van der Waals surface area contributed by atoms with Crippen molar-refractivity contribution in [2.75, 3.05) is 13.2 Å². The zero-order valence-corrected chi connectivity index (χ0v) is 21.7. The standard InChI is InChI=1S/C28H30ClN3O5/c1-28(2,3)37-27(35)32(17-25(34)20-6-4-8-22(29)15-20)23(18-33)14-19-9-11-24(12-10-19)36-26-21(16-30)7-5-13-31-26/h4-13,15,23,25,33-34H,14,17-18H2,1-3H3/t23-,25-/m0/s1. The first kappa shape index (κ1) is 27.9. The zero-order valence-electron chi connectivity index (χ0n) is 21.0. The second kappa shape index (κ2) is 12.5. The minimum Gasteiger partial charge on any atom is -0.444 e. The SMILES string of the molecule is CC(C)(C)OC(=O)N(C[C@H](O)c1cccc(Cl)c1)[C@H](CO)Cc1ccc(Oc2ncccc2C#N)cc1. The van der Waals surface area contributed by atoms with E-state index in [0.29, 0.717) is 28.3 Å². The molecule has 1 amide bonds. The molecule has 2 N–H and O–H groups in total. The largest absolute Gasteiger partial charge is 0.444 e. The number of ether oxygens (including phenoxy) is 2. The molecule has 8 nitrogen and oxygen atoms in total. The van der Waals surface area contributed by atoms with Gasteiger partial charge in [0.2, 0.25) is 5.88 Å². The molecule has 0 radical (unpaired) electrons. The smallest absolute Gasteiger partial charge is 0.410 e. The summed E-state index contributed by atoms with van der Waals surface area (Å²) in [5, 5.41) is 30.8. The predicted octanol–water partition coefficient (Wildman–Crippen LogP) is 5.27. The van der Waals surface area contributed by atoms with Crippen molar-refractivity contribution >= 4 is 17.7 Å². The van der Waals surface area contributed by atoms with Gasteiger partial charge in [-0.2, -0.15) is 5.26 Å². The number of aliphatic hydroxyl groups excluding tert-OH is 2. The summed E-state index contributed by atoms with van der Waals surface area (Å²) in [5.41, 5.74) is 0.922. The fourth-order valence-electron chi connectivity index (χ4n) is 3.61. The highest BCUT2D eigenvalue weighted by Crippen LogP contribution is 2.25. The van der Waals surface area contributed by atoms with Gasteiger partial charge < -0.3 is 19.7 Å². The highest BCUT2D eigenvalue weighted by atomic mass is 35.5. The molecule has 0 aliphatic carbocycles. The van der Waals surface area contributed by atoms with E-state index in [9.17, 15) is 20.3 Å². The van der Waals surface area contributed by atoms with Gasteiger partial charge in [-0.1, -0.05) is 35.9 Å². The number of hydrogen-bond acceptors (Lipinski definition) is 7. The van der Waals surface area contributed by atoms with E-state index < -0.39 is 23.8 Å². The first-order chi connectivity index (χ1) is 17.6. The summed E-state index contributed by atoms with van der Waals surface area (Å²) in [6.45, 7) is 4.81. The van der Waals surface area contributed by atoms with E-state index in [1.54, 1.807) is 87.6 Å².